The second-order valence-corrected chi connectivity index (χ2v) is 11.5. The van der Waals surface area contributed by atoms with E-state index in [9.17, 15) is 24.3 Å². The molecule has 0 radical (unpaired) electrons. The number of aromatic hydroxyl groups is 1. The van der Waals surface area contributed by atoms with E-state index in [4.69, 9.17) is 9.47 Å². The molecule has 1 rings (SSSR count). The Kier molecular flexibility index (Phi) is 12.8. The lowest BCUT2D eigenvalue weighted by atomic mass is 9.90. The minimum absolute atomic E-state index is 0.0112. The minimum Gasteiger partial charge on any atom is -0.508 e. The lowest BCUT2D eigenvalue weighted by Crippen LogP contribution is -2.59. The number of nitrogens with one attached hydrogen (secondary N) is 2. The van der Waals surface area contributed by atoms with E-state index in [1.807, 2.05) is 34.6 Å². The molecule has 0 heterocycles. The number of nitrogens with zero attached hydrogens (tertiary/aromatic N) is 1. The first kappa shape index (κ1) is 33.7. The van der Waals surface area contributed by atoms with E-state index in [1.165, 1.54) is 17.0 Å². The van der Waals surface area contributed by atoms with Gasteiger partial charge in [-0.25, -0.2) is 4.79 Å². The predicted octanol–water partition coefficient (Wildman–Crippen LogP) is 4.46. The first-order valence-electron chi connectivity index (χ1n) is 13.6. The molecule has 0 aliphatic rings. The molecule has 39 heavy (non-hydrogen) atoms. The number of phenols is 1. The summed E-state index contributed by atoms with van der Waals surface area (Å²) in [6.45, 7) is 16.6. The largest absolute Gasteiger partial charge is 0.508 e. The number of hydrogen-bond acceptors (Lipinski definition) is 7. The zero-order valence-electron chi connectivity index (χ0n) is 24.9. The number of phenolic OH excluding ortho intramolecular Hbond substituents is 1. The molecule has 1 aromatic carbocycles. The van der Waals surface area contributed by atoms with Crippen LogP contribution in [-0.4, -0.2) is 64.2 Å². The van der Waals surface area contributed by atoms with Crippen molar-refractivity contribution in [2.75, 3.05) is 13.2 Å². The van der Waals surface area contributed by atoms with E-state index >= 15 is 0 Å². The molecular formula is C29H47N3O7. The maximum absolute atomic E-state index is 14.3. The highest BCUT2D eigenvalue weighted by Crippen LogP contribution is 2.33. The van der Waals surface area contributed by atoms with Crippen LogP contribution in [0.25, 0.3) is 0 Å². The van der Waals surface area contributed by atoms with Crippen LogP contribution in [0, 0.1) is 5.92 Å². The lowest BCUT2D eigenvalue weighted by molar-refractivity contribution is -0.150. The van der Waals surface area contributed by atoms with Crippen LogP contribution in [0.5, 0.6) is 5.75 Å². The molecule has 0 spiro atoms. The number of carbonyl (C=O) groups excluding carboxylic acids is 4. The summed E-state index contributed by atoms with van der Waals surface area (Å²) in [5.41, 5.74) is -1.11. The molecule has 0 aliphatic carbocycles. The van der Waals surface area contributed by atoms with Crippen LogP contribution in [0.2, 0.25) is 0 Å². The molecule has 0 saturated carbocycles. The lowest BCUT2D eigenvalue weighted by Gasteiger charge is -2.44. The van der Waals surface area contributed by atoms with Gasteiger partial charge >= 0.3 is 12.1 Å². The second kappa shape index (κ2) is 14.7. The zero-order valence-corrected chi connectivity index (χ0v) is 24.9. The van der Waals surface area contributed by atoms with E-state index < -0.39 is 47.1 Å². The quantitative estimate of drug-likeness (QED) is 0.309. The topological polar surface area (TPSA) is 134 Å². The van der Waals surface area contributed by atoms with Gasteiger partial charge in [-0.1, -0.05) is 32.9 Å². The van der Waals surface area contributed by atoms with Crippen molar-refractivity contribution in [3.05, 3.63) is 29.8 Å². The van der Waals surface area contributed by atoms with Crippen molar-refractivity contribution >= 4 is 23.9 Å². The zero-order chi connectivity index (χ0) is 30.0. The van der Waals surface area contributed by atoms with Gasteiger partial charge in [0.05, 0.1) is 13.0 Å². The normalized spacial score (nSPS) is 13.3. The van der Waals surface area contributed by atoms with Gasteiger partial charge in [0.1, 0.15) is 23.4 Å². The number of ether oxygens (including phenoxy) is 2. The molecule has 3 N–H and O–H groups in total. The Balaban J connectivity index is 3.54. The van der Waals surface area contributed by atoms with Crippen LogP contribution in [0.15, 0.2) is 24.3 Å². The molecule has 10 heteroatoms. The van der Waals surface area contributed by atoms with Crippen LogP contribution >= 0.6 is 0 Å². The van der Waals surface area contributed by atoms with Crippen molar-refractivity contribution in [2.45, 2.75) is 105 Å². The van der Waals surface area contributed by atoms with Gasteiger partial charge in [-0.3, -0.25) is 14.4 Å². The standard InChI is InChI=1S/C29H47N3O7/c1-10-29(8,9)32(26(36)22(18-19(3)4)31-27(37)39-28(5,6)7)24(20-12-14-21(33)15-13-20)25(35)30-17-16-23(34)38-11-2/h12-15,19,22,24,33H,10-11,16-18H2,1-9H3,(H,30,35)(H,31,37). The average Bonchev–Trinajstić information content (AvgIpc) is 2.80. The van der Waals surface area contributed by atoms with Gasteiger partial charge in [-0.05, 0) is 78.0 Å². The molecule has 2 atom stereocenters. The van der Waals surface area contributed by atoms with Gasteiger partial charge in [-0.15, -0.1) is 0 Å². The van der Waals surface area contributed by atoms with Crippen LogP contribution in [-0.2, 0) is 23.9 Å². The first-order chi connectivity index (χ1) is 18.0. The van der Waals surface area contributed by atoms with Crippen LogP contribution in [0.4, 0.5) is 4.79 Å². The van der Waals surface area contributed by atoms with Crippen molar-refractivity contribution in [3.63, 3.8) is 0 Å². The molecule has 0 aliphatic heterocycles. The fourth-order valence-electron chi connectivity index (χ4n) is 3.95. The highest BCUT2D eigenvalue weighted by Gasteiger charge is 2.43. The van der Waals surface area contributed by atoms with E-state index in [0.717, 1.165) is 0 Å². The number of carbonyl (C=O) groups is 4. The summed E-state index contributed by atoms with van der Waals surface area (Å²) in [6.07, 6.45) is 0.0741. The van der Waals surface area contributed by atoms with Crippen molar-refractivity contribution in [2.24, 2.45) is 5.92 Å². The summed E-state index contributed by atoms with van der Waals surface area (Å²) < 4.78 is 10.4. The summed E-state index contributed by atoms with van der Waals surface area (Å²) in [4.78, 5) is 54.0. The molecule has 220 valence electrons. The number of alkyl carbamates (subject to hydrolysis) is 1. The number of benzene rings is 1. The molecule has 3 amide bonds. The molecule has 1 aromatic rings. The number of hydrogen-bond donors (Lipinski definition) is 3. The smallest absolute Gasteiger partial charge is 0.408 e. The minimum atomic E-state index is -1.11. The van der Waals surface area contributed by atoms with Crippen LogP contribution < -0.4 is 10.6 Å². The third-order valence-electron chi connectivity index (χ3n) is 6.10. The highest BCUT2D eigenvalue weighted by molar-refractivity contribution is 5.92. The molecule has 10 nitrogen and oxygen atoms in total. The Labute approximate surface area is 232 Å². The number of amides is 3. The summed E-state index contributed by atoms with van der Waals surface area (Å²) in [7, 11) is 0. The summed E-state index contributed by atoms with van der Waals surface area (Å²) >= 11 is 0. The molecular weight excluding hydrogens is 502 g/mol. The molecule has 0 saturated heterocycles. The summed E-state index contributed by atoms with van der Waals surface area (Å²) in [6, 6.07) is 3.98. The Hall–Kier alpha value is -3.30. The Morgan fingerprint density at radius 3 is 2.08 bits per heavy atom. The third-order valence-corrected chi connectivity index (χ3v) is 6.10. The van der Waals surface area contributed by atoms with Crippen LogP contribution in [0.3, 0.4) is 0 Å². The van der Waals surface area contributed by atoms with Gasteiger partial charge in [0.15, 0.2) is 0 Å². The van der Waals surface area contributed by atoms with Gasteiger partial charge in [0, 0.05) is 12.1 Å². The van der Waals surface area contributed by atoms with E-state index in [1.54, 1.807) is 39.8 Å². The molecule has 0 bridgehead atoms. The number of esters is 1. The monoisotopic (exact) mass is 549 g/mol. The predicted molar refractivity (Wildman–Crippen MR) is 149 cm³/mol. The second-order valence-electron chi connectivity index (χ2n) is 11.5. The SMILES string of the molecule is CCOC(=O)CCNC(=O)C(c1ccc(O)cc1)N(C(=O)C(CC(C)C)NC(=O)OC(C)(C)C)C(C)(C)CC. The molecule has 2 unspecified atom stereocenters. The Morgan fingerprint density at radius 1 is 1.00 bits per heavy atom. The Bertz CT molecular complexity index is 968. The van der Waals surface area contributed by atoms with Crippen molar-refractivity contribution < 1.29 is 33.8 Å². The summed E-state index contributed by atoms with van der Waals surface area (Å²) in [5, 5.41) is 15.4. The van der Waals surface area contributed by atoms with Gasteiger partial charge < -0.3 is 30.1 Å². The first-order valence-corrected chi connectivity index (χ1v) is 13.6. The van der Waals surface area contributed by atoms with E-state index in [-0.39, 0.29) is 31.2 Å². The third kappa shape index (κ3) is 11.1. The van der Waals surface area contributed by atoms with Gasteiger partial charge in [0.2, 0.25) is 11.8 Å². The molecule has 0 fully saturated rings. The summed E-state index contributed by atoms with van der Waals surface area (Å²) in [5.74, 6) is -1.33. The molecule has 0 aromatic heterocycles. The van der Waals surface area contributed by atoms with Crippen molar-refractivity contribution in [1.29, 1.82) is 0 Å². The van der Waals surface area contributed by atoms with E-state index in [0.29, 0.717) is 18.4 Å². The fourth-order valence-corrected chi connectivity index (χ4v) is 3.95. The van der Waals surface area contributed by atoms with E-state index in [2.05, 4.69) is 10.6 Å². The van der Waals surface area contributed by atoms with Crippen LogP contribution in [0.1, 0.15) is 93.2 Å². The highest BCUT2D eigenvalue weighted by atomic mass is 16.6. The average molecular weight is 550 g/mol. The maximum Gasteiger partial charge on any atom is 0.408 e. The van der Waals surface area contributed by atoms with Gasteiger partial charge in [0.25, 0.3) is 0 Å². The van der Waals surface area contributed by atoms with Crippen molar-refractivity contribution in [3.8, 4) is 5.75 Å². The maximum atomic E-state index is 14.3. The fraction of sp³-hybridized carbons (Fsp3) is 0.655. The number of rotatable bonds is 13. The van der Waals surface area contributed by atoms with Crippen molar-refractivity contribution in [1.82, 2.24) is 15.5 Å². The Morgan fingerprint density at radius 2 is 1.59 bits per heavy atom. The van der Waals surface area contributed by atoms with Gasteiger partial charge in [-0.2, -0.15) is 0 Å².